The Morgan fingerprint density at radius 3 is 2.38 bits per heavy atom. The fourth-order valence-corrected chi connectivity index (χ4v) is 2.96. The van der Waals surface area contributed by atoms with Crippen LogP contribution in [0.1, 0.15) is 52.4 Å². The second-order valence-electron chi connectivity index (χ2n) is 7.56. The summed E-state index contributed by atoms with van der Waals surface area (Å²) < 4.78 is 11.0. The summed E-state index contributed by atoms with van der Waals surface area (Å²) in [6.45, 7) is 8.68. The number of hydrogen-bond donors (Lipinski definition) is 2. The third-order valence-electron chi connectivity index (χ3n) is 4.34. The third-order valence-corrected chi connectivity index (χ3v) is 4.34. The summed E-state index contributed by atoms with van der Waals surface area (Å²) in [4.78, 5) is 30.1. The molecule has 1 heterocycles. The number of benzene rings is 1. The summed E-state index contributed by atoms with van der Waals surface area (Å²) in [6, 6.07) is 7.23. The normalized spacial score (nSPS) is 11.0. The van der Waals surface area contributed by atoms with E-state index in [9.17, 15) is 9.59 Å². The van der Waals surface area contributed by atoms with Gasteiger partial charge < -0.3 is 24.7 Å². The van der Waals surface area contributed by atoms with Crippen LogP contribution in [0.25, 0.3) is 0 Å². The Morgan fingerprint density at radius 2 is 1.79 bits per heavy atom. The predicted molar refractivity (Wildman–Crippen MR) is 114 cm³/mol. The van der Waals surface area contributed by atoms with Crippen LogP contribution in [0.4, 0.5) is 5.69 Å². The van der Waals surface area contributed by atoms with E-state index >= 15 is 0 Å². The molecule has 158 valence electrons. The number of amides is 1. The minimum Gasteiger partial charge on any atom is -0.494 e. The summed E-state index contributed by atoms with van der Waals surface area (Å²) in [6.07, 6.45) is 0.718. The van der Waals surface area contributed by atoms with Gasteiger partial charge in [0.05, 0.1) is 18.3 Å². The Morgan fingerprint density at radius 1 is 1.14 bits per heavy atom. The Kier molecular flexibility index (Phi) is 7.84. The van der Waals surface area contributed by atoms with Crippen molar-refractivity contribution in [3.63, 3.8) is 0 Å². The highest BCUT2D eigenvalue weighted by molar-refractivity contribution is 6.06. The van der Waals surface area contributed by atoms with Crippen molar-refractivity contribution in [3.05, 3.63) is 46.8 Å². The number of nitrogens with one attached hydrogen (secondary N) is 2. The lowest BCUT2D eigenvalue weighted by Crippen LogP contribution is -2.16. The van der Waals surface area contributed by atoms with Crippen LogP contribution in [0.2, 0.25) is 0 Å². The monoisotopic (exact) mass is 401 g/mol. The number of aryl methyl sites for hydroxylation is 1. The van der Waals surface area contributed by atoms with Gasteiger partial charge in [0.2, 0.25) is 0 Å². The largest absolute Gasteiger partial charge is 0.494 e. The van der Waals surface area contributed by atoms with Crippen LogP contribution in [0.15, 0.2) is 24.3 Å². The molecule has 0 aliphatic carbocycles. The molecule has 0 unspecified atom stereocenters. The first-order chi connectivity index (χ1) is 13.7. The summed E-state index contributed by atoms with van der Waals surface area (Å²) >= 11 is 0. The van der Waals surface area contributed by atoms with Crippen LogP contribution in [0.3, 0.4) is 0 Å². The fourth-order valence-electron chi connectivity index (χ4n) is 2.96. The second-order valence-corrected chi connectivity index (χ2v) is 7.56. The standard InChI is InChI=1S/C22H31N3O4/c1-14(2)29-22(27)19-15(3)20(23-16(19)4)21(26)24-17-8-10-18(11-9-17)28-13-7-12-25(5)6/h8-11,14,23H,7,12-13H2,1-6H3,(H,24,26). The zero-order chi connectivity index (χ0) is 21.6. The molecule has 2 aromatic rings. The minimum atomic E-state index is -0.430. The smallest absolute Gasteiger partial charge is 0.340 e. The molecule has 1 aromatic carbocycles. The van der Waals surface area contributed by atoms with Gasteiger partial charge in [-0.05, 0) is 78.0 Å². The zero-order valence-electron chi connectivity index (χ0n) is 18.1. The van der Waals surface area contributed by atoms with Crippen molar-refractivity contribution in [1.82, 2.24) is 9.88 Å². The average Bonchev–Trinajstić information content (AvgIpc) is 2.94. The van der Waals surface area contributed by atoms with Crippen molar-refractivity contribution in [1.29, 1.82) is 0 Å². The van der Waals surface area contributed by atoms with Crippen molar-refractivity contribution in [2.75, 3.05) is 32.6 Å². The topological polar surface area (TPSA) is 83.7 Å². The number of rotatable bonds is 9. The second kappa shape index (κ2) is 10.1. The van der Waals surface area contributed by atoms with Gasteiger partial charge in [-0.3, -0.25) is 4.79 Å². The maximum absolute atomic E-state index is 12.7. The van der Waals surface area contributed by atoms with E-state index in [0.29, 0.717) is 34.8 Å². The SMILES string of the molecule is Cc1[nH]c(C(=O)Nc2ccc(OCCCN(C)C)cc2)c(C)c1C(=O)OC(C)C. The summed E-state index contributed by atoms with van der Waals surface area (Å²) in [7, 11) is 4.06. The van der Waals surface area contributed by atoms with Gasteiger partial charge in [0.15, 0.2) is 0 Å². The number of aromatic nitrogens is 1. The number of ether oxygens (including phenoxy) is 2. The van der Waals surface area contributed by atoms with E-state index in [2.05, 4.69) is 15.2 Å². The number of H-pyrrole nitrogens is 1. The predicted octanol–water partition coefficient (Wildman–Crippen LogP) is 3.78. The molecule has 0 spiro atoms. The van der Waals surface area contributed by atoms with E-state index in [-0.39, 0.29) is 12.0 Å². The molecule has 0 aliphatic rings. The van der Waals surface area contributed by atoms with Crippen molar-refractivity contribution >= 4 is 17.6 Å². The van der Waals surface area contributed by atoms with Crippen molar-refractivity contribution in [2.45, 2.75) is 40.2 Å². The van der Waals surface area contributed by atoms with Gasteiger partial charge in [0.25, 0.3) is 5.91 Å². The van der Waals surface area contributed by atoms with Crippen molar-refractivity contribution < 1.29 is 19.1 Å². The van der Waals surface area contributed by atoms with E-state index < -0.39 is 5.97 Å². The number of hydrogen-bond acceptors (Lipinski definition) is 5. The molecule has 1 amide bonds. The number of aromatic amines is 1. The summed E-state index contributed by atoms with van der Waals surface area (Å²) in [5.41, 5.74) is 2.59. The lowest BCUT2D eigenvalue weighted by atomic mass is 10.1. The van der Waals surface area contributed by atoms with E-state index in [1.54, 1.807) is 39.8 Å². The molecule has 0 atom stereocenters. The van der Waals surface area contributed by atoms with Gasteiger partial charge in [-0.1, -0.05) is 0 Å². The summed E-state index contributed by atoms with van der Waals surface area (Å²) in [5.74, 6) is 0.0160. The number of carbonyl (C=O) groups is 2. The molecular formula is C22H31N3O4. The molecule has 0 saturated carbocycles. The van der Waals surface area contributed by atoms with Gasteiger partial charge in [0, 0.05) is 17.9 Å². The number of esters is 1. The lowest BCUT2D eigenvalue weighted by Gasteiger charge is -2.11. The highest BCUT2D eigenvalue weighted by Gasteiger charge is 2.23. The quantitative estimate of drug-likeness (QED) is 0.493. The van der Waals surface area contributed by atoms with Gasteiger partial charge in [-0.15, -0.1) is 0 Å². The van der Waals surface area contributed by atoms with Crippen LogP contribution in [-0.2, 0) is 4.74 Å². The first-order valence-electron chi connectivity index (χ1n) is 9.78. The highest BCUT2D eigenvalue weighted by Crippen LogP contribution is 2.22. The molecule has 0 fully saturated rings. The molecule has 7 heteroatoms. The van der Waals surface area contributed by atoms with Crippen LogP contribution in [0.5, 0.6) is 5.75 Å². The van der Waals surface area contributed by atoms with Gasteiger partial charge >= 0.3 is 5.97 Å². The van der Waals surface area contributed by atoms with Gasteiger partial charge in [-0.25, -0.2) is 4.79 Å². The Balaban J connectivity index is 2.01. The molecule has 29 heavy (non-hydrogen) atoms. The van der Waals surface area contributed by atoms with E-state index in [1.165, 1.54) is 0 Å². The van der Waals surface area contributed by atoms with E-state index in [0.717, 1.165) is 18.7 Å². The van der Waals surface area contributed by atoms with Crippen LogP contribution in [0, 0.1) is 13.8 Å². The van der Waals surface area contributed by atoms with Crippen LogP contribution >= 0.6 is 0 Å². The molecule has 0 aliphatic heterocycles. The molecule has 7 nitrogen and oxygen atoms in total. The number of anilines is 1. The van der Waals surface area contributed by atoms with Crippen LogP contribution < -0.4 is 10.1 Å². The fraction of sp³-hybridized carbons (Fsp3) is 0.455. The zero-order valence-corrected chi connectivity index (χ0v) is 18.1. The Hall–Kier alpha value is -2.80. The van der Waals surface area contributed by atoms with Gasteiger partial charge in [-0.2, -0.15) is 0 Å². The number of carbonyl (C=O) groups excluding carboxylic acids is 2. The lowest BCUT2D eigenvalue weighted by molar-refractivity contribution is 0.0376. The molecular weight excluding hydrogens is 370 g/mol. The molecule has 0 radical (unpaired) electrons. The van der Waals surface area contributed by atoms with Crippen LogP contribution in [-0.4, -0.2) is 55.1 Å². The van der Waals surface area contributed by atoms with Crippen molar-refractivity contribution in [3.8, 4) is 5.75 Å². The Bertz CT molecular complexity index is 838. The molecule has 1 aromatic heterocycles. The summed E-state index contributed by atoms with van der Waals surface area (Å²) in [5, 5.41) is 2.84. The third kappa shape index (κ3) is 6.35. The molecule has 2 N–H and O–H groups in total. The first-order valence-corrected chi connectivity index (χ1v) is 9.78. The maximum atomic E-state index is 12.7. The first kappa shape index (κ1) is 22.5. The number of nitrogens with zero attached hydrogens (tertiary/aromatic N) is 1. The minimum absolute atomic E-state index is 0.225. The average molecular weight is 402 g/mol. The highest BCUT2D eigenvalue weighted by atomic mass is 16.5. The van der Waals surface area contributed by atoms with E-state index in [4.69, 9.17) is 9.47 Å². The Labute approximate surface area is 172 Å². The molecule has 0 bridgehead atoms. The van der Waals surface area contributed by atoms with E-state index in [1.807, 2.05) is 26.2 Å². The maximum Gasteiger partial charge on any atom is 0.340 e. The van der Waals surface area contributed by atoms with Gasteiger partial charge in [0.1, 0.15) is 11.4 Å². The molecule has 0 saturated heterocycles. The molecule has 2 rings (SSSR count). The van der Waals surface area contributed by atoms with Crippen molar-refractivity contribution in [2.24, 2.45) is 0 Å².